The van der Waals surface area contributed by atoms with Crippen LogP contribution in [0.4, 0.5) is 0 Å². The summed E-state index contributed by atoms with van der Waals surface area (Å²) in [5.74, 6) is -0.703. The molecule has 0 aromatic carbocycles. The van der Waals surface area contributed by atoms with Crippen LogP contribution in [0.3, 0.4) is 0 Å². The maximum absolute atomic E-state index is 13.0. The molecule has 0 saturated carbocycles. The Hall–Kier alpha value is -1.99. The van der Waals surface area contributed by atoms with Gasteiger partial charge in [-0.1, -0.05) is 13.0 Å². The van der Waals surface area contributed by atoms with Gasteiger partial charge < -0.3 is 19.3 Å². The zero-order chi connectivity index (χ0) is 19.6. The van der Waals surface area contributed by atoms with E-state index in [0.717, 1.165) is 32.2 Å². The largest absolute Gasteiger partial charge is 0.347 e. The third-order valence-corrected chi connectivity index (χ3v) is 6.17. The maximum Gasteiger partial charge on any atom is 0.272 e. The van der Waals surface area contributed by atoms with Crippen LogP contribution in [0, 0.1) is 0 Å². The quantitative estimate of drug-likeness (QED) is 0.797. The minimum atomic E-state index is -0.508. The number of rotatable bonds is 3. The second kappa shape index (κ2) is 8.17. The average Bonchev–Trinajstić information content (AvgIpc) is 3.21. The summed E-state index contributed by atoms with van der Waals surface area (Å²) >= 11 is 0. The van der Waals surface area contributed by atoms with E-state index < -0.39 is 5.79 Å². The van der Waals surface area contributed by atoms with Crippen molar-refractivity contribution in [3.05, 3.63) is 29.6 Å². The van der Waals surface area contributed by atoms with Gasteiger partial charge in [0.05, 0.1) is 13.2 Å². The summed E-state index contributed by atoms with van der Waals surface area (Å²) in [6, 6.07) is 5.44. The lowest BCUT2D eigenvalue weighted by molar-refractivity contribution is -0.181. The molecule has 4 rings (SSSR count). The number of nitrogens with zero attached hydrogens (tertiary/aromatic N) is 3. The van der Waals surface area contributed by atoms with E-state index in [-0.39, 0.29) is 17.9 Å². The highest BCUT2D eigenvalue weighted by Crippen LogP contribution is 2.31. The number of amides is 2. The molecular weight excluding hydrogens is 358 g/mol. The Kier molecular flexibility index (Phi) is 5.64. The number of ether oxygens (including phenoxy) is 2. The molecule has 0 aliphatic carbocycles. The highest BCUT2D eigenvalue weighted by molar-refractivity contribution is 5.96. The van der Waals surface area contributed by atoms with Crippen molar-refractivity contribution in [2.45, 2.75) is 57.3 Å². The minimum absolute atomic E-state index is 0.0634. The van der Waals surface area contributed by atoms with E-state index in [2.05, 4.69) is 11.9 Å². The SMILES string of the molecule is CCC1CCCCN1C(=O)c1cccc(C(=O)N2CCC3(CC2)OCCO3)n1. The van der Waals surface area contributed by atoms with Gasteiger partial charge in [0, 0.05) is 38.5 Å². The fourth-order valence-corrected chi connectivity index (χ4v) is 4.51. The fraction of sp³-hybridized carbons (Fsp3) is 0.667. The van der Waals surface area contributed by atoms with Crippen molar-refractivity contribution < 1.29 is 19.1 Å². The fourth-order valence-electron chi connectivity index (χ4n) is 4.51. The molecule has 3 aliphatic heterocycles. The van der Waals surface area contributed by atoms with E-state index in [4.69, 9.17) is 9.47 Å². The van der Waals surface area contributed by atoms with E-state index in [0.29, 0.717) is 50.5 Å². The molecule has 1 unspecified atom stereocenters. The third-order valence-electron chi connectivity index (χ3n) is 6.17. The van der Waals surface area contributed by atoms with Crippen LogP contribution in [0.1, 0.15) is 66.4 Å². The molecule has 1 spiro atoms. The first-order chi connectivity index (χ1) is 13.6. The Morgan fingerprint density at radius 3 is 2.43 bits per heavy atom. The molecule has 152 valence electrons. The third kappa shape index (κ3) is 3.78. The molecule has 2 amide bonds. The van der Waals surface area contributed by atoms with Gasteiger partial charge in [0.15, 0.2) is 5.79 Å². The molecule has 7 heteroatoms. The molecule has 0 bridgehead atoms. The monoisotopic (exact) mass is 387 g/mol. The van der Waals surface area contributed by atoms with Crippen molar-refractivity contribution in [2.24, 2.45) is 0 Å². The zero-order valence-electron chi connectivity index (χ0n) is 16.6. The second-order valence-corrected chi connectivity index (χ2v) is 7.86. The van der Waals surface area contributed by atoms with Gasteiger partial charge in [-0.3, -0.25) is 9.59 Å². The molecule has 7 nitrogen and oxygen atoms in total. The number of hydrogen-bond acceptors (Lipinski definition) is 5. The normalized spacial score (nSPS) is 24.5. The van der Waals surface area contributed by atoms with Crippen LogP contribution in [-0.2, 0) is 9.47 Å². The summed E-state index contributed by atoms with van der Waals surface area (Å²) in [4.78, 5) is 34.1. The predicted molar refractivity (Wildman–Crippen MR) is 103 cm³/mol. The smallest absolute Gasteiger partial charge is 0.272 e. The molecule has 1 aromatic rings. The van der Waals surface area contributed by atoms with E-state index in [1.165, 1.54) is 0 Å². The van der Waals surface area contributed by atoms with E-state index in [1.54, 1.807) is 23.1 Å². The van der Waals surface area contributed by atoms with Crippen LogP contribution in [0.25, 0.3) is 0 Å². The van der Waals surface area contributed by atoms with Crippen LogP contribution in [0.15, 0.2) is 18.2 Å². The van der Waals surface area contributed by atoms with Gasteiger partial charge in [0.2, 0.25) is 0 Å². The lowest BCUT2D eigenvalue weighted by Gasteiger charge is -2.37. The van der Waals surface area contributed by atoms with Gasteiger partial charge in [0.1, 0.15) is 11.4 Å². The summed E-state index contributed by atoms with van der Waals surface area (Å²) < 4.78 is 11.5. The number of pyridine rings is 1. The molecule has 3 fully saturated rings. The number of likely N-dealkylation sites (tertiary alicyclic amines) is 2. The Morgan fingerprint density at radius 1 is 1.07 bits per heavy atom. The van der Waals surface area contributed by atoms with E-state index in [1.807, 2.05) is 4.90 Å². The number of carbonyl (C=O) groups excluding carboxylic acids is 2. The highest BCUT2D eigenvalue weighted by atomic mass is 16.7. The summed E-state index contributed by atoms with van der Waals surface area (Å²) in [5, 5.41) is 0. The van der Waals surface area contributed by atoms with Crippen molar-refractivity contribution in [2.75, 3.05) is 32.8 Å². The molecule has 3 aliphatic rings. The maximum atomic E-state index is 13.0. The van der Waals surface area contributed by atoms with E-state index in [9.17, 15) is 9.59 Å². The minimum Gasteiger partial charge on any atom is -0.347 e. The van der Waals surface area contributed by atoms with Crippen molar-refractivity contribution in [3.8, 4) is 0 Å². The molecule has 4 heterocycles. The first-order valence-corrected chi connectivity index (χ1v) is 10.5. The summed E-state index contributed by atoms with van der Waals surface area (Å²) in [6.45, 7) is 5.27. The Morgan fingerprint density at radius 2 is 1.75 bits per heavy atom. The van der Waals surface area contributed by atoms with Crippen LogP contribution in [-0.4, -0.2) is 71.3 Å². The van der Waals surface area contributed by atoms with Crippen LogP contribution in [0.2, 0.25) is 0 Å². The predicted octanol–water partition coefficient (Wildman–Crippen LogP) is 2.47. The highest BCUT2D eigenvalue weighted by Gasteiger charge is 2.41. The van der Waals surface area contributed by atoms with E-state index >= 15 is 0 Å². The van der Waals surface area contributed by atoms with Crippen molar-refractivity contribution >= 4 is 11.8 Å². The van der Waals surface area contributed by atoms with Crippen LogP contribution < -0.4 is 0 Å². The van der Waals surface area contributed by atoms with Gasteiger partial charge in [0.25, 0.3) is 11.8 Å². The topological polar surface area (TPSA) is 72.0 Å². The van der Waals surface area contributed by atoms with Gasteiger partial charge in [-0.15, -0.1) is 0 Å². The van der Waals surface area contributed by atoms with Crippen molar-refractivity contribution in [1.82, 2.24) is 14.8 Å². The standard InChI is InChI=1S/C21H29N3O4/c1-2-16-6-3-4-11-24(16)20(26)18-8-5-7-17(22-18)19(25)23-12-9-21(10-13-23)27-14-15-28-21/h5,7-8,16H,2-4,6,9-15H2,1H3. The molecule has 1 atom stereocenters. The molecule has 1 aromatic heterocycles. The molecule has 3 saturated heterocycles. The van der Waals surface area contributed by atoms with Crippen LogP contribution >= 0.6 is 0 Å². The van der Waals surface area contributed by atoms with Gasteiger partial charge in [-0.2, -0.15) is 0 Å². The number of hydrogen-bond donors (Lipinski definition) is 0. The summed E-state index contributed by atoms with van der Waals surface area (Å²) in [7, 11) is 0. The molecule has 28 heavy (non-hydrogen) atoms. The summed E-state index contributed by atoms with van der Waals surface area (Å²) in [5.41, 5.74) is 0.697. The van der Waals surface area contributed by atoms with Gasteiger partial charge in [-0.25, -0.2) is 4.98 Å². The number of carbonyl (C=O) groups is 2. The Balaban J connectivity index is 1.44. The average molecular weight is 387 g/mol. The first-order valence-electron chi connectivity index (χ1n) is 10.5. The lowest BCUT2D eigenvalue weighted by atomic mass is 9.99. The molecular formula is C21H29N3O4. The van der Waals surface area contributed by atoms with Crippen molar-refractivity contribution in [1.29, 1.82) is 0 Å². The second-order valence-electron chi connectivity index (χ2n) is 7.86. The first kappa shape index (κ1) is 19.3. The van der Waals surface area contributed by atoms with Gasteiger partial charge in [-0.05, 0) is 37.8 Å². The molecule has 0 radical (unpaired) electrons. The Labute approximate surface area is 166 Å². The molecule has 0 N–H and O–H groups in total. The van der Waals surface area contributed by atoms with Crippen molar-refractivity contribution in [3.63, 3.8) is 0 Å². The summed E-state index contributed by atoms with van der Waals surface area (Å²) in [6.07, 6.45) is 5.52. The lowest BCUT2D eigenvalue weighted by Crippen LogP contribution is -2.47. The Bertz CT molecular complexity index is 722. The number of piperidine rings is 2. The van der Waals surface area contributed by atoms with Crippen LogP contribution in [0.5, 0.6) is 0 Å². The zero-order valence-corrected chi connectivity index (χ0v) is 16.6. The number of aromatic nitrogens is 1. The van der Waals surface area contributed by atoms with Gasteiger partial charge >= 0.3 is 0 Å².